The zero-order valence-corrected chi connectivity index (χ0v) is 6.52. The maximum atomic E-state index is 10.5. The summed E-state index contributed by atoms with van der Waals surface area (Å²) in [6.07, 6.45) is 1.24. The van der Waals surface area contributed by atoms with Crippen molar-refractivity contribution in [2.24, 2.45) is 0 Å². The van der Waals surface area contributed by atoms with E-state index in [2.05, 4.69) is 9.68 Å². The van der Waals surface area contributed by atoms with Gasteiger partial charge < -0.3 is 14.7 Å². The Bertz CT molecular complexity index is 281. The van der Waals surface area contributed by atoms with Crippen LogP contribution in [0.3, 0.4) is 0 Å². The number of carboxylic acids is 1. The van der Waals surface area contributed by atoms with Gasteiger partial charge in [0.05, 0.1) is 12.5 Å². The number of aliphatic hydroxyl groups excluding tert-OH is 1. The van der Waals surface area contributed by atoms with Crippen LogP contribution in [0, 0.1) is 0 Å². The monoisotopic (exact) mass is 171 g/mol. The standard InChI is InChI=1S/C7H9NO4/c1-4(7(10)11)5-3-12-8-6(5)2-9/h3-4,9H,2H2,1H3,(H,10,11). The zero-order valence-electron chi connectivity index (χ0n) is 6.52. The number of hydrogen-bond donors (Lipinski definition) is 2. The summed E-state index contributed by atoms with van der Waals surface area (Å²) in [6, 6.07) is 0. The lowest BCUT2D eigenvalue weighted by Crippen LogP contribution is -2.08. The molecular weight excluding hydrogens is 162 g/mol. The highest BCUT2D eigenvalue weighted by Gasteiger charge is 2.19. The van der Waals surface area contributed by atoms with E-state index in [1.165, 1.54) is 13.2 Å². The van der Waals surface area contributed by atoms with Crippen LogP contribution in [0.2, 0.25) is 0 Å². The van der Waals surface area contributed by atoms with Crippen LogP contribution in [0.4, 0.5) is 0 Å². The molecule has 0 aliphatic heterocycles. The molecule has 1 atom stereocenters. The summed E-state index contributed by atoms with van der Waals surface area (Å²) < 4.78 is 4.53. The van der Waals surface area contributed by atoms with Gasteiger partial charge in [0, 0.05) is 5.56 Å². The number of nitrogens with zero attached hydrogens (tertiary/aromatic N) is 1. The first-order valence-electron chi connectivity index (χ1n) is 3.43. The fourth-order valence-electron chi connectivity index (χ4n) is 0.873. The fourth-order valence-corrected chi connectivity index (χ4v) is 0.873. The molecule has 0 aliphatic carbocycles. The Morgan fingerprint density at radius 1 is 1.83 bits per heavy atom. The minimum Gasteiger partial charge on any atom is -0.481 e. The van der Waals surface area contributed by atoms with Crippen molar-refractivity contribution >= 4 is 5.97 Å². The molecular formula is C7H9NO4. The molecule has 5 heteroatoms. The van der Waals surface area contributed by atoms with Crippen LogP contribution in [0.5, 0.6) is 0 Å². The molecule has 0 aromatic carbocycles. The number of aromatic nitrogens is 1. The van der Waals surface area contributed by atoms with E-state index in [-0.39, 0.29) is 12.3 Å². The first-order valence-corrected chi connectivity index (χ1v) is 3.43. The fraction of sp³-hybridized carbons (Fsp3) is 0.429. The maximum absolute atomic E-state index is 10.5. The van der Waals surface area contributed by atoms with E-state index in [4.69, 9.17) is 10.2 Å². The summed E-state index contributed by atoms with van der Waals surface area (Å²) in [5.74, 6) is -1.66. The molecule has 0 bridgehead atoms. The molecule has 0 amide bonds. The molecule has 0 aliphatic rings. The molecule has 0 spiro atoms. The Balaban J connectivity index is 2.93. The summed E-state index contributed by atoms with van der Waals surface area (Å²) in [5.41, 5.74) is 0.704. The lowest BCUT2D eigenvalue weighted by Gasteiger charge is -2.02. The van der Waals surface area contributed by atoms with Crippen LogP contribution in [0.15, 0.2) is 10.8 Å². The third kappa shape index (κ3) is 1.45. The van der Waals surface area contributed by atoms with Crippen molar-refractivity contribution in [1.29, 1.82) is 0 Å². The number of hydrogen-bond acceptors (Lipinski definition) is 4. The quantitative estimate of drug-likeness (QED) is 0.685. The minimum absolute atomic E-state index is 0.282. The van der Waals surface area contributed by atoms with Crippen molar-refractivity contribution in [2.75, 3.05) is 0 Å². The van der Waals surface area contributed by atoms with Gasteiger partial charge in [-0.3, -0.25) is 4.79 Å². The van der Waals surface area contributed by atoms with E-state index < -0.39 is 11.9 Å². The molecule has 2 N–H and O–H groups in total. The van der Waals surface area contributed by atoms with E-state index in [1.807, 2.05) is 0 Å². The van der Waals surface area contributed by atoms with Gasteiger partial charge in [-0.05, 0) is 6.92 Å². The number of rotatable bonds is 3. The Kier molecular flexibility index (Phi) is 2.44. The second-order valence-electron chi connectivity index (χ2n) is 2.43. The molecule has 66 valence electrons. The van der Waals surface area contributed by atoms with Gasteiger partial charge in [-0.15, -0.1) is 0 Å². The molecule has 5 nitrogen and oxygen atoms in total. The third-order valence-corrected chi connectivity index (χ3v) is 1.66. The molecule has 0 saturated carbocycles. The van der Waals surface area contributed by atoms with Crippen LogP contribution >= 0.6 is 0 Å². The van der Waals surface area contributed by atoms with Crippen LogP contribution < -0.4 is 0 Å². The molecule has 12 heavy (non-hydrogen) atoms. The largest absolute Gasteiger partial charge is 0.481 e. The van der Waals surface area contributed by atoms with Crippen molar-refractivity contribution in [3.63, 3.8) is 0 Å². The smallest absolute Gasteiger partial charge is 0.310 e. The van der Waals surface area contributed by atoms with E-state index in [0.717, 1.165) is 0 Å². The van der Waals surface area contributed by atoms with Crippen LogP contribution in [0.25, 0.3) is 0 Å². The maximum Gasteiger partial charge on any atom is 0.310 e. The van der Waals surface area contributed by atoms with E-state index in [0.29, 0.717) is 5.56 Å². The predicted octanol–water partition coefficient (Wildman–Crippen LogP) is 0.355. The Hall–Kier alpha value is -1.36. The van der Waals surface area contributed by atoms with Crippen molar-refractivity contribution < 1.29 is 19.5 Å². The van der Waals surface area contributed by atoms with Crippen molar-refractivity contribution in [3.8, 4) is 0 Å². The predicted molar refractivity (Wildman–Crippen MR) is 38.5 cm³/mol. The van der Waals surface area contributed by atoms with E-state index in [1.54, 1.807) is 0 Å². The van der Waals surface area contributed by atoms with Gasteiger partial charge in [-0.1, -0.05) is 5.16 Å². The van der Waals surface area contributed by atoms with Gasteiger partial charge in [0.15, 0.2) is 0 Å². The summed E-state index contributed by atoms with van der Waals surface area (Å²) in [4.78, 5) is 10.5. The molecule has 1 aromatic rings. The first kappa shape index (κ1) is 8.73. The molecule has 0 radical (unpaired) electrons. The van der Waals surface area contributed by atoms with Crippen LogP contribution in [0.1, 0.15) is 24.1 Å². The number of aliphatic carboxylic acids is 1. The average molecular weight is 171 g/mol. The van der Waals surface area contributed by atoms with Crippen molar-refractivity contribution in [3.05, 3.63) is 17.5 Å². The van der Waals surface area contributed by atoms with Crippen molar-refractivity contribution in [2.45, 2.75) is 19.4 Å². The lowest BCUT2D eigenvalue weighted by atomic mass is 10.0. The number of carbonyl (C=O) groups is 1. The van der Waals surface area contributed by atoms with Gasteiger partial charge >= 0.3 is 5.97 Å². The first-order chi connectivity index (χ1) is 5.66. The van der Waals surface area contributed by atoms with Gasteiger partial charge in [-0.25, -0.2) is 0 Å². The summed E-state index contributed by atoms with van der Waals surface area (Å²) in [6.45, 7) is 1.21. The highest BCUT2D eigenvalue weighted by molar-refractivity contribution is 5.75. The second kappa shape index (κ2) is 3.36. The molecule has 1 aromatic heterocycles. The average Bonchev–Trinajstić information content (AvgIpc) is 2.49. The Labute approximate surface area is 68.6 Å². The van der Waals surface area contributed by atoms with Gasteiger partial charge in [0.1, 0.15) is 12.0 Å². The molecule has 0 fully saturated rings. The third-order valence-electron chi connectivity index (χ3n) is 1.66. The van der Waals surface area contributed by atoms with E-state index in [9.17, 15) is 4.79 Å². The van der Waals surface area contributed by atoms with Gasteiger partial charge in [0.25, 0.3) is 0 Å². The van der Waals surface area contributed by atoms with Crippen molar-refractivity contribution in [1.82, 2.24) is 5.16 Å². The Morgan fingerprint density at radius 2 is 2.50 bits per heavy atom. The topological polar surface area (TPSA) is 83.6 Å². The second-order valence-corrected chi connectivity index (χ2v) is 2.43. The van der Waals surface area contributed by atoms with Crippen LogP contribution in [-0.4, -0.2) is 21.3 Å². The summed E-state index contributed by atoms with van der Waals surface area (Å²) in [5, 5.41) is 20.8. The van der Waals surface area contributed by atoms with Gasteiger partial charge in [0.2, 0.25) is 0 Å². The molecule has 1 unspecified atom stereocenters. The summed E-state index contributed by atoms with van der Waals surface area (Å²) in [7, 11) is 0. The Morgan fingerprint density at radius 3 is 3.00 bits per heavy atom. The molecule has 0 saturated heterocycles. The highest BCUT2D eigenvalue weighted by Crippen LogP contribution is 2.18. The van der Waals surface area contributed by atoms with Gasteiger partial charge in [-0.2, -0.15) is 0 Å². The molecule has 1 rings (SSSR count). The number of aliphatic hydroxyl groups is 1. The minimum atomic E-state index is -0.965. The SMILES string of the molecule is CC(C(=O)O)c1conc1CO. The highest BCUT2D eigenvalue weighted by atomic mass is 16.5. The lowest BCUT2D eigenvalue weighted by molar-refractivity contribution is -0.138. The number of carboxylic acid groups (broad SMARTS) is 1. The van der Waals surface area contributed by atoms with Crippen LogP contribution in [-0.2, 0) is 11.4 Å². The molecule has 1 heterocycles. The van der Waals surface area contributed by atoms with E-state index >= 15 is 0 Å². The zero-order chi connectivity index (χ0) is 9.14. The normalized spacial score (nSPS) is 12.8. The summed E-state index contributed by atoms with van der Waals surface area (Å²) >= 11 is 0.